The highest BCUT2D eigenvalue weighted by molar-refractivity contribution is 5.90. The predicted molar refractivity (Wildman–Crippen MR) is 171 cm³/mol. The van der Waals surface area contributed by atoms with Gasteiger partial charge in [-0.25, -0.2) is 9.59 Å². The van der Waals surface area contributed by atoms with Crippen molar-refractivity contribution in [1.82, 2.24) is 10.6 Å². The molecule has 48 heavy (non-hydrogen) atoms. The van der Waals surface area contributed by atoms with Crippen molar-refractivity contribution in [3.8, 4) is 5.75 Å². The summed E-state index contributed by atoms with van der Waals surface area (Å²) in [5, 5.41) is 56.1. The van der Waals surface area contributed by atoms with E-state index in [9.17, 15) is 44.7 Å². The van der Waals surface area contributed by atoms with Gasteiger partial charge in [-0.15, -0.1) is 0 Å². The average Bonchev–Trinajstić information content (AvgIpc) is 3.04. The Kier molecular flexibility index (Phi) is 12.1. The fourth-order valence-electron chi connectivity index (χ4n) is 5.13. The van der Waals surface area contributed by atoms with Crippen LogP contribution in [0.3, 0.4) is 0 Å². The fraction of sp³-hybridized carbons (Fsp3) is 0.394. The number of hydrogen-bond acceptors (Lipinski definition) is 12. The van der Waals surface area contributed by atoms with Crippen LogP contribution >= 0.6 is 0 Å². The maximum absolute atomic E-state index is 12.5. The molecule has 0 spiro atoms. The molecule has 0 saturated carbocycles. The Labute approximate surface area is 274 Å². The van der Waals surface area contributed by atoms with E-state index < -0.39 is 48.1 Å². The zero-order chi connectivity index (χ0) is 35.0. The Hall–Kier alpha value is -4.96. The second kappa shape index (κ2) is 16.2. The van der Waals surface area contributed by atoms with E-state index in [2.05, 4.69) is 10.6 Å². The summed E-state index contributed by atoms with van der Waals surface area (Å²) in [5.74, 6) is -2.89. The summed E-state index contributed by atoms with van der Waals surface area (Å²) in [6, 6.07) is 10.5. The minimum Gasteiger partial charge on any atom is -0.508 e. The lowest BCUT2D eigenvalue weighted by atomic mass is 9.98. The second-order valence-corrected chi connectivity index (χ2v) is 11.4. The number of aryl methyl sites for hydroxylation is 1. The number of carboxylic acids is 1. The number of amides is 2. The normalized spacial score (nSPS) is 21.1. The van der Waals surface area contributed by atoms with E-state index in [1.54, 1.807) is 25.1 Å². The molecule has 2 aromatic carbocycles. The molecule has 1 fully saturated rings. The third kappa shape index (κ3) is 9.32. The van der Waals surface area contributed by atoms with Crippen molar-refractivity contribution in [2.24, 2.45) is 0 Å². The number of nitrogen functional groups attached to an aromatic ring is 1. The Bertz CT molecular complexity index is 1700. The van der Waals surface area contributed by atoms with Crippen molar-refractivity contribution in [2.75, 3.05) is 18.8 Å². The molecule has 5 atom stereocenters. The molecule has 15 heteroatoms. The maximum atomic E-state index is 12.5. The Morgan fingerprint density at radius 1 is 0.958 bits per heavy atom. The number of aliphatic hydroxyl groups is 3. The summed E-state index contributed by atoms with van der Waals surface area (Å²) in [6.07, 6.45) is -5.35. The van der Waals surface area contributed by atoms with E-state index in [0.29, 0.717) is 53.6 Å². The second-order valence-electron chi connectivity index (χ2n) is 11.4. The van der Waals surface area contributed by atoms with E-state index in [4.69, 9.17) is 19.6 Å². The van der Waals surface area contributed by atoms with Gasteiger partial charge in [0.25, 0.3) is 0 Å². The van der Waals surface area contributed by atoms with Crippen LogP contribution in [0.5, 0.6) is 5.75 Å². The number of nitrogens with two attached hydrogens (primary N) is 1. The zero-order valence-corrected chi connectivity index (χ0v) is 26.1. The molecule has 0 aliphatic carbocycles. The summed E-state index contributed by atoms with van der Waals surface area (Å²) in [4.78, 5) is 49.1. The summed E-state index contributed by atoms with van der Waals surface area (Å²) in [7, 11) is 0. The number of aliphatic carboxylic acids is 1. The monoisotopic (exact) mass is 669 g/mol. The molecule has 0 radical (unpaired) electrons. The molecule has 15 nitrogen and oxygen atoms in total. The Balaban J connectivity index is 1.18. The number of nitrogens with one attached hydrogen (secondary N) is 2. The number of rotatable bonds is 14. The first-order valence-corrected chi connectivity index (χ1v) is 15.3. The highest BCUT2D eigenvalue weighted by atomic mass is 16.7. The topological polar surface area (TPSA) is 251 Å². The molecule has 1 saturated heterocycles. The third-order valence-corrected chi connectivity index (χ3v) is 7.87. The first-order chi connectivity index (χ1) is 22.8. The van der Waals surface area contributed by atoms with Crippen molar-refractivity contribution in [3.63, 3.8) is 0 Å². The van der Waals surface area contributed by atoms with Crippen LogP contribution < -0.4 is 22.0 Å². The van der Waals surface area contributed by atoms with E-state index in [1.807, 2.05) is 0 Å². The number of phenols is 1. The number of anilines is 1. The molecule has 1 aliphatic rings. The number of aliphatic hydroxyl groups excluding tert-OH is 3. The molecule has 4 rings (SSSR count). The smallest absolute Gasteiger partial charge is 0.371 e. The number of ether oxygens (including phenoxy) is 2. The summed E-state index contributed by atoms with van der Waals surface area (Å²) in [6.45, 7) is 1.81. The maximum Gasteiger partial charge on any atom is 0.371 e. The van der Waals surface area contributed by atoms with Crippen LogP contribution in [0.4, 0.5) is 5.69 Å². The van der Waals surface area contributed by atoms with E-state index in [0.717, 1.165) is 6.08 Å². The lowest BCUT2D eigenvalue weighted by Crippen LogP contribution is -2.60. The van der Waals surface area contributed by atoms with Crippen LogP contribution in [0.15, 0.2) is 57.4 Å². The number of hydrogen-bond donors (Lipinski definition) is 8. The van der Waals surface area contributed by atoms with E-state index >= 15 is 0 Å². The van der Waals surface area contributed by atoms with Crippen LogP contribution in [0.1, 0.15) is 42.4 Å². The van der Waals surface area contributed by atoms with Crippen LogP contribution in [0, 0.1) is 6.92 Å². The molecule has 258 valence electrons. The molecular weight excluding hydrogens is 630 g/mol. The van der Waals surface area contributed by atoms with Crippen molar-refractivity contribution in [3.05, 3.63) is 75.3 Å². The number of benzene rings is 2. The lowest BCUT2D eigenvalue weighted by molar-refractivity contribution is -0.285. The van der Waals surface area contributed by atoms with Crippen molar-refractivity contribution < 1.29 is 53.8 Å². The van der Waals surface area contributed by atoms with Crippen molar-refractivity contribution >= 4 is 40.5 Å². The van der Waals surface area contributed by atoms with Crippen molar-refractivity contribution in [1.29, 1.82) is 0 Å². The predicted octanol–water partition coefficient (Wildman–Crippen LogP) is 0.674. The molecular formula is C33H39N3O12. The van der Waals surface area contributed by atoms with E-state index in [1.165, 1.54) is 24.3 Å². The largest absolute Gasteiger partial charge is 0.508 e. The van der Waals surface area contributed by atoms with Gasteiger partial charge in [0.1, 0.15) is 35.7 Å². The third-order valence-electron chi connectivity index (χ3n) is 7.87. The molecule has 2 heterocycles. The van der Waals surface area contributed by atoms with E-state index in [-0.39, 0.29) is 42.5 Å². The number of fused-ring (bicyclic) bond motifs is 1. The van der Waals surface area contributed by atoms with Gasteiger partial charge in [-0.3, -0.25) is 9.59 Å². The standard InChI is InChI=1S/C33H39N3O12/c1-17-21-11-8-19(34)14-23(21)46-32(45)22(17)15-27(39)35-12-4-2-3-5-26(38)36-16-25-28(40)29(41)30(42)33(48-25)47-24(31(43)44)13-18-6-9-20(37)10-7-18/h6-11,13-14,25,28-30,33,37,40-42H,2-5,12,15-16,34H2,1H3,(H,35,39)(H,36,38)(H,43,44)/b24-13-/t25-,28+,29+,30-,33-/m1/s1. The highest BCUT2D eigenvalue weighted by Gasteiger charge is 2.45. The van der Waals surface area contributed by atoms with Gasteiger partial charge in [0.2, 0.25) is 23.9 Å². The van der Waals surface area contributed by atoms with Gasteiger partial charge in [0.05, 0.1) is 12.0 Å². The fourth-order valence-corrected chi connectivity index (χ4v) is 5.13. The number of phenolic OH excluding ortho intramolecular Hbond substituents is 1. The van der Waals surface area contributed by atoms with Crippen LogP contribution in [-0.2, 0) is 30.3 Å². The number of carbonyl (C=O) groups excluding carboxylic acids is 2. The number of aromatic hydroxyl groups is 1. The summed E-state index contributed by atoms with van der Waals surface area (Å²) < 4.78 is 16.2. The Morgan fingerprint density at radius 3 is 2.40 bits per heavy atom. The van der Waals surface area contributed by atoms with Crippen LogP contribution in [0.25, 0.3) is 17.0 Å². The van der Waals surface area contributed by atoms with Crippen molar-refractivity contribution in [2.45, 2.75) is 69.7 Å². The SMILES string of the molecule is Cc1c(CC(=O)NCCCCCC(=O)NC[C@H]2O[C@@H](O/C(=C\c3ccc(O)cc3)C(=O)O)[C@H](O)[C@@H](O)[C@H]2O)c(=O)oc2cc(N)ccc12. The minimum atomic E-state index is -1.80. The summed E-state index contributed by atoms with van der Waals surface area (Å²) >= 11 is 0. The van der Waals surface area contributed by atoms with Gasteiger partial charge < -0.3 is 55.8 Å². The van der Waals surface area contributed by atoms with Gasteiger partial charge in [-0.1, -0.05) is 18.6 Å². The molecule has 0 unspecified atom stereocenters. The zero-order valence-electron chi connectivity index (χ0n) is 26.1. The first-order valence-electron chi connectivity index (χ1n) is 15.3. The average molecular weight is 670 g/mol. The number of unbranched alkanes of at least 4 members (excludes halogenated alkanes) is 2. The van der Waals surface area contributed by atoms with Gasteiger partial charge >= 0.3 is 11.6 Å². The van der Waals surface area contributed by atoms with Crippen LogP contribution in [0.2, 0.25) is 0 Å². The first kappa shape index (κ1) is 35.9. The van der Waals surface area contributed by atoms with Gasteiger partial charge in [0.15, 0.2) is 0 Å². The molecule has 3 aromatic rings. The number of carboxylic acid groups (broad SMARTS) is 1. The van der Waals surface area contributed by atoms with Crippen LogP contribution in [-0.4, -0.2) is 87.1 Å². The Morgan fingerprint density at radius 2 is 1.69 bits per heavy atom. The molecule has 0 bridgehead atoms. The lowest BCUT2D eigenvalue weighted by Gasteiger charge is -2.40. The minimum absolute atomic E-state index is 0.0322. The molecule has 1 aliphatic heterocycles. The quantitative estimate of drug-likeness (QED) is 0.0387. The van der Waals surface area contributed by atoms with Gasteiger partial charge in [-0.2, -0.15) is 0 Å². The molecule has 9 N–H and O–H groups in total. The molecule has 1 aromatic heterocycles. The van der Waals surface area contributed by atoms with Gasteiger partial charge in [-0.05, 0) is 61.2 Å². The summed E-state index contributed by atoms with van der Waals surface area (Å²) in [5.41, 5.74) is 7.24. The van der Waals surface area contributed by atoms with Gasteiger partial charge in [0, 0.05) is 36.7 Å². The number of carbonyl (C=O) groups is 3. The molecule has 2 amide bonds. The highest BCUT2D eigenvalue weighted by Crippen LogP contribution is 2.25.